The van der Waals surface area contributed by atoms with Crippen molar-refractivity contribution in [3.8, 4) is 0 Å². The Morgan fingerprint density at radius 1 is 1.26 bits per heavy atom. The Morgan fingerprint density at radius 3 is 2.67 bits per heavy atom. The van der Waals surface area contributed by atoms with Crippen molar-refractivity contribution in [2.45, 2.75) is 38.6 Å². The number of anilines is 3. The first kappa shape index (κ1) is 19.4. The minimum Gasteiger partial charge on any atom is -0.353 e. The molecule has 3 rings (SSSR count). The van der Waals surface area contributed by atoms with E-state index < -0.39 is 0 Å². The van der Waals surface area contributed by atoms with Crippen LogP contribution >= 0.6 is 11.3 Å². The lowest BCUT2D eigenvalue weighted by molar-refractivity contribution is 0.0947. The molecule has 0 bridgehead atoms. The highest BCUT2D eigenvalue weighted by Gasteiger charge is 2.28. The summed E-state index contributed by atoms with van der Waals surface area (Å²) in [5.41, 5.74) is 0. The van der Waals surface area contributed by atoms with Gasteiger partial charge in [0.05, 0.1) is 6.20 Å². The van der Waals surface area contributed by atoms with Crippen molar-refractivity contribution in [1.82, 2.24) is 30.2 Å². The van der Waals surface area contributed by atoms with Crippen LogP contribution in [0.4, 0.5) is 17.0 Å². The van der Waals surface area contributed by atoms with Crippen molar-refractivity contribution < 1.29 is 4.79 Å². The van der Waals surface area contributed by atoms with E-state index in [4.69, 9.17) is 0 Å². The van der Waals surface area contributed by atoms with Gasteiger partial charge in [-0.05, 0) is 40.8 Å². The van der Waals surface area contributed by atoms with Gasteiger partial charge in [-0.15, -0.1) is 0 Å². The maximum absolute atomic E-state index is 12.1. The molecule has 2 heterocycles. The zero-order chi connectivity index (χ0) is 19.4. The van der Waals surface area contributed by atoms with Crippen molar-refractivity contribution in [2.75, 3.05) is 37.8 Å². The lowest BCUT2D eigenvalue weighted by Gasteiger charge is -2.11. The summed E-state index contributed by atoms with van der Waals surface area (Å²) in [5, 5.41) is 9.79. The molecule has 146 valence electrons. The number of likely N-dealkylation sites (N-methyl/N-ethyl adjacent to an activating group) is 1. The van der Waals surface area contributed by atoms with Gasteiger partial charge in [0, 0.05) is 25.0 Å². The Bertz CT molecular complexity index is 787. The van der Waals surface area contributed by atoms with E-state index in [9.17, 15) is 4.79 Å². The summed E-state index contributed by atoms with van der Waals surface area (Å²) in [5.74, 6) is 2.09. The molecule has 0 saturated heterocycles. The zero-order valence-electron chi connectivity index (χ0n) is 16.1. The molecule has 0 radical (unpaired) electrons. The molecule has 2 aromatic rings. The van der Waals surface area contributed by atoms with Crippen LogP contribution in [0.3, 0.4) is 0 Å². The number of amides is 1. The third-order valence-corrected chi connectivity index (χ3v) is 4.72. The van der Waals surface area contributed by atoms with Gasteiger partial charge in [-0.3, -0.25) is 10.1 Å². The maximum Gasteiger partial charge on any atom is 0.263 e. The molecular weight excluding hydrogens is 364 g/mol. The smallest absolute Gasteiger partial charge is 0.263 e. The first-order valence-corrected chi connectivity index (χ1v) is 9.90. The second-order valence-corrected chi connectivity index (χ2v) is 8.16. The Kier molecular flexibility index (Phi) is 6.17. The summed E-state index contributed by atoms with van der Waals surface area (Å²) in [6.45, 7) is 5.48. The third-order valence-electron chi connectivity index (χ3n) is 3.81. The Labute approximate surface area is 163 Å². The number of rotatable bonds is 9. The molecule has 3 N–H and O–H groups in total. The quantitative estimate of drug-likeness (QED) is 0.597. The average Bonchev–Trinajstić information content (AvgIpc) is 3.33. The van der Waals surface area contributed by atoms with Crippen LogP contribution in [0, 0.1) is 0 Å². The zero-order valence-corrected chi connectivity index (χ0v) is 16.9. The third kappa shape index (κ3) is 5.83. The SMILES string of the molecule is CC(C)NC(=O)c1cnc(Nc2nc(NCCN(C)C)nc(C3CC3)n2)s1. The van der Waals surface area contributed by atoms with E-state index in [-0.39, 0.29) is 11.9 Å². The van der Waals surface area contributed by atoms with Gasteiger partial charge in [0.1, 0.15) is 10.7 Å². The lowest BCUT2D eigenvalue weighted by atomic mass is 10.4. The molecule has 0 aliphatic heterocycles. The number of aromatic nitrogens is 4. The van der Waals surface area contributed by atoms with Crippen LogP contribution in [-0.2, 0) is 0 Å². The Hall–Kier alpha value is -2.33. The number of thiazole rings is 1. The van der Waals surface area contributed by atoms with Gasteiger partial charge < -0.3 is 15.5 Å². The van der Waals surface area contributed by atoms with Crippen LogP contribution in [0.5, 0.6) is 0 Å². The Balaban J connectivity index is 1.71. The molecule has 1 fully saturated rings. The molecule has 0 aromatic carbocycles. The van der Waals surface area contributed by atoms with Crippen LogP contribution in [0.2, 0.25) is 0 Å². The van der Waals surface area contributed by atoms with E-state index in [0.29, 0.717) is 27.8 Å². The first-order valence-electron chi connectivity index (χ1n) is 9.09. The highest BCUT2D eigenvalue weighted by Crippen LogP contribution is 2.38. The normalized spacial score (nSPS) is 13.9. The molecule has 2 aromatic heterocycles. The second-order valence-electron chi connectivity index (χ2n) is 7.13. The molecule has 9 nitrogen and oxygen atoms in total. The number of carbonyl (C=O) groups excluding carboxylic acids is 1. The van der Waals surface area contributed by atoms with Crippen molar-refractivity contribution >= 4 is 34.3 Å². The molecule has 10 heteroatoms. The fourth-order valence-corrected chi connectivity index (χ4v) is 3.02. The molecule has 0 unspecified atom stereocenters. The summed E-state index contributed by atoms with van der Waals surface area (Å²) in [6.07, 6.45) is 3.78. The summed E-state index contributed by atoms with van der Waals surface area (Å²) in [7, 11) is 4.04. The summed E-state index contributed by atoms with van der Waals surface area (Å²) >= 11 is 1.27. The van der Waals surface area contributed by atoms with Gasteiger partial charge in [0.15, 0.2) is 5.13 Å². The summed E-state index contributed by atoms with van der Waals surface area (Å²) in [4.78, 5) is 32.5. The van der Waals surface area contributed by atoms with Crippen LogP contribution in [0.25, 0.3) is 0 Å². The summed E-state index contributed by atoms with van der Waals surface area (Å²) in [6, 6.07) is 0.0800. The van der Waals surface area contributed by atoms with E-state index in [1.165, 1.54) is 11.3 Å². The number of nitrogens with one attached hydrogen (secondary N) is 3. The predicted molar refractivity (Wildman–Crippen MR) is 107 cm³/mol. The van der Waals surface area contributed by atoms with Crippen LogP contribution in [-0.4, -0.2) is 64.0 Å². The number of carbonyl (C=O) groups is 1. The highest BCUT2D eigenvalue weighted by atomic mass is 32.1. The van der Waals surface area contributed by atoms with Crippen LogP contribution < -0.4 is 16.0 Å². The average molecular weight is 391 g/mol. The standard InChI is InChI=1S/C17H26N8OS/c1-10(2)20-14(26)12-9-19-17(27-12)24-16-22-13(11-5-6-11)21-15(23-16)18-7-8-25(3)4/h9-11H,5-8H2,1-4H3,(H,20,26)(H2,18,19,21,22,23,24). The van der Waals surface area contributed by atoms with Crippen LogP contribution in [0.1, 0.15) is 48.1 Å². The monoisotopic (exact) mass is 390 g/mol. The van der Waals surface area contributed by atoms with Gasteiger partial charge in [-0.2, -0.15) is 15.0 Å². The van der Waals surface area contributed by atoms with Gasteiger partial charge in [-0.1, -0.05) is 11.3 Å². The van der Waals surface area contributed by atoms with Gasteiger partial charge in [-0.25, -0.2) is 4.98 Å². The van der Waals surface area contributed by atoms with Gasteiger partial charge in [0.25, 0.3) is 5.91 Å². The fraction of sp³-hybridized carbons (Fsp3) is 0.588. The van der Waals surface area contributed by atoms with Crippen LogP contribution in [0.15, 0.2) is 6.20 Å². The maximum atomic E-state index is 12.1. The number of nitrogens with zero attached hydrogens (tertiary/aromatic N) is 5. The molecule has 1 aliphatic rings. The van der Waals surface area contributed by atoms with Crippen molar-refractivity contribution in [3.63, 3.8) is 0 Å². The van der Waals surface area contributed by atoms with Gasteiger partial charge in [0.2, 0.25) is 11.9 Å². The van der Waals surface area contributed by atoms with E-state index in [2.05, 4.69) is 40.8 Å². The predicted octanol–water partition coefficient (Wildman–Crippen LogP) is 2.06. The molecular formula is C17H26N8OS. The van der Waals surface area contributed by atoms with Crippen molar-refractivity contribution in [1.29, 1.82) is 0 Å². The van der Waals surface area contributed by atoms with E-state index in [1.54, 1.807) is 6.20 Å². The van der Waals surface area contributed by atoms with Crippen molar-refractivity contribution in [2.24, 2.45) is 0 Å². The van der Waals surface area contributed by atoms with E-state index in [1.807, 2.05) is 27.9 Å². The number of hydrogen-bond donors (Lipinski definition) is 3. The second kappa shape index (κ2) is 8.57. The van der Waals surface area contributed by atoms with Crippen molar-refractivity contribution in [3.05, 3.63) is 16.9 Å². The van der Waals surface area contributed by atoms with Gasteiger partial charge >= 0.3 is 0 Å². The molecule has 1 aliphatic carbocycles. The van der Waals surface area contributed by atoms with E-state index in [0.717, 1.165) is 31.8 Å². The molecule has 1 amide bonds. The largest absolute Gasteiger partial charge is 0.353 e. The minimum absolute atomic E-state index is 0.0800. The Morgan fingerprint density at radius 2 is 2.00 bits per heavy atom. The topological polar surface area (TPSA) is 108 Å². The fourth-order valence-electron chi connectivity index (χ4n) is 2.31. The molecule has 0 spiro atoms. The molecule has 0 atom stereocenters. The molecule has 1 saturated carbocycles. The highest BCUT2D eigenvalue weighted by molar-refractivity contribution is 7.17. The number of hydrogen-bond acceptors (Lipinski definition) is 9. The minimum atomic E-state index is -0.129. The molecule has 27 heavy (non-hydrogen) atoms. The first-order chi connectivity index (χ1) is 12.9. The van der Waals surface area contributed by atoms with E-state index >= 15 is 0 Å². The lowest BCUT2D eigenvalue weighted by Crippen LogP contribution is -2.29. The summed E-state index contributed by atoms with van der Waals surface area (Å²) < 4.78 is 0.